The molecular formula is C20H23N7O. The maximum absolute atomic E-state index is 12.0. The van der Waals surface area contributed by atoms with E-state index in [1.807, 2.05) is 62.4 Å². The number of carbonyl (C=O) groups excluding carboxylic acids is 1. The van der Waals surface area contributed by atoms with Crippen molar-refractivity contribution in [2.24, 2.45) is 0 Å². The third kappa shape index (κ3) is 5.66. The van der Waals surface area contributed by atoms with Crippen LogP contribution in [-0.4, -0.2) is 34.3 Å². The number of aromatic nitrogens is 3. The Labute approximate surface area is 163 Å². The van der Waals surface area contributed by atoms with Crippen molar-refractivity contribution in [1.29, 1.82) is 0 Å². The molecule has 28 heavy (non-hydrogen) atoms. The molecule has 144 valence electrons. The lowest BCUT2D eigenvalue weighted by Gasteiger charge is -2.11. The van der Waals surface area contributed by atoms with Crippen molar-refractivity contribution >= 4 is 29.2 Å². The highest BCUT2D eigenvalue weighted by Gasteiger charge is 2.04. The van der Waals surface area contributed by atoms with Crippen LogP contribution in [0.2, 0.25) is 0 Å². The summed E-state index contributed by atoms with van der Waals surface area (Å²) in [5.41, 5.74) is 3.00. The highest BCUT2D eigenvalue weighted by molar-refractivity contribution is 5.90. The molecular weight excluding hydrogens is 354 g/mol. The number of urea groups is 1. The predicted octanol–water partition coefficient (Wildman–Crippen LogP) is 3.47. The minimum absolute atomic E-state index is 0.241. The lowest BCUT2D eigenvalue weighted by molar-refractivity contribution is 0.252. The van der Waals surface area contributed by atoms with Crippen molar-refractivity contribution in [1.82, 2.24) is 20.5 Å². The van der Waals surface area contributed by atoms with Crippen molar-refractivity contribution in [3.8, 4) is 0 Å². The van der Waals surface area contributed by atoms with Crippen LogP contribution in [0, 0.1) is 13.8 Å². The van der Waals surface area contributed by atoms with E-state index < -0.39 is 0 Å². The highest BCUT2D eigenvalue weighted by atomic mass is 16.2. The second-order valence-corrected chi connectivity index (χ2v) is 6.27. The fourth-order valence-electron chi connectivity index (χ4n) is 2.55. The summed E-state index contributed by atoms with van der Waals surface area (Å²) in [4.78, 5) is 16.2. The van der Waals surface area contributed by atoms with Gasteiger partial charge in [-0.3, -0.25) is 0 Å². The first-order chi connectivity index (χ1) is 13.6. The lowest BCUT2D eigenvalue weighted by atomic mass is 10.1. The van der Waals surface area contributed by atoms with E-state index in [1.165, 1.54) is 0 Å². The molecule has 3 rings (SSSR count). The van der Waals surface area contributed by atoms with E-state index in [0.29, 0.717) is 30.5 Å². The summed E-state index contributed by atoms with van der Waals surface area (Å²) in [6.07, 6.45) is 1.70. The van der Waals surface area contributed by atoms with Crippen LogP contribution < -0.4 is 21.3 Å². The van der Waals surface area contributed by atoms with Gasteiger partial charge in [-0.05, 0) is 49.7 Å². The molecule has 0 atom stereocenters. The van der Waals surface area contributed by atoms with E-state index in [1.54, 1.807) is 6.20 Å². The van der Waals surface area contributed by atoms with Crippen molar-refractivity contribution < 1.29 is 4.79 Å². The van der Waals surface area contributed by atoms with Gasteiger partial charge in [0.15, 0.2) is 5.82 Å². The number of benzene rings is 1. The van der Waals surface area contributed by atoms with Crippen molar-refractivity contribution in [3.05, 3.63) is 65.9 Å². The van der Waals surface area contributed by atoms with Crippen LogP contribution in [0.25, 0.3) is 0 Å². The number of aryl methyl sites for hydroxylation is 2. The van der Waals surface area contributed by atoms with E-state index in [9.17, 15) is 4.79 Å². The van der Waals surface area contributed by atoms with Crippen LogP contribution in [0.5, 0.6) is 0 Å². The van der Waals surface area contributed by atoms with Crippen molar-refractivity contribution in [2.75, 3.05) is 29.0 Å². The van der Waals surface area contributed by atoms with Gasteiger partial charge in [0, 0.05) is 25.0 Å². The van der Waals surface area contributed by atoms with Crippen molar-refractivity contribution in [2.45, 2.75) is 13.8 Å². The topological polar surface area (TPSA) is 104 Å². The molecule has 8 heteroatoms. The van der Waals surface area contributed by atoms with Crippen LogP contribution in [0.4, 0.5) is 27.9 Å². The third-order valence-electron chi connectivity index (χ3n) is 3.93. The Balaban J connectivity index is 1.39. The highest BCUT2D eigenvalue weighted by Crippen LogP contribution is 2.15. The van der Waals surface area contributed by atoms with E-state index in [0.717, 1.165) is 16.8 Å². The number of pyridine rings is 1. The third-order valence-corrected chi connectivity index (χ3v) is 3.93. The predicted molar refractivity (Wildman–Crippen MR) is 111 cm³/mol. The zero-order chi connectivity index (χ0) is 19.8. The summed E-state index contributed by atoms with van der Waals surface area (Å²) in [7, 11) is 0. The summed E-state index contributed by atoms with van der Waals surface area (Å²) in [6.45, 7) is 4.97. The van der Waals surface area contributed by atoms with E-state index in [2.05, 4.69) is 36.4 Å². The monoisotopic (exact) mass is 377 g/mol. The van der Waals surface area contributed by atoms with Crippen LogP contribution in [-0.2, 0) is 0 Å². The Morgan fingerprint density at radius 1 is 0.929 bits per heavy atom. The fraction of sp³-hybridized carbons (Fsp3) is 0.200. The first kappa shape index (κ1) is 19.1. The molecule has 0 aliphatic heterocycles. The van der Waals surface area contributed by atoms with Gasteiger partial charge in [-0.25, -0.2) is 9.78 Å². The number of anilines is 4. The fourth-order valence-corrected chi connectivity index (χ4v) is 2.55. The van der Waals surface area contributed by atoms with Crippen LogP contribution in [0.3, 0.4) is 0 Å². The molecule has 0 spiro atoms. The molecule has 0 aliphatic rings. The zero-order valence-electron chi connectivity index (χ0n) is 15.9. The summed E-state index contributed by atoms with van der Waals surface area (Å²) in [5, 5.41) is 20.0. The Hall–Kier alpha value is -3.68. The minimum Gasteiger partial charge on any atom is -0.367 e. The molecule has 2 heterocycles. The van der Waals surface area contributed by atoms with E-state index in [-0.39, 0.29) is 6.03 Å². The second kappa shape index (κ2) is 9.31. The van der Waals surface area contributed by atoms with Crippen LogP contribution in [0.15, 0.2) is 54.7 Å². The van der Waals surface area contributed by atoms with Gasteiger partial charge in [0.25, 0.3) is 0 Å². The molecule has 3 aromatic rings. The van der Waals surface area contributed by atoms with Gasteiger partial charge in [0.05, 0.1) is 0 Å². The largest absolute Gasteiger partial charge is 0.367 e. The van der Waals surface area contributed by atoms with Gasteiger partial charge >= 0.3 is 6.03 Å². The number of rotatable bonds is 7. The summed E-state index contributed by atoms with van der Waals surface area (Å²) >= 11 is 0. The molecule has 0 fully saturated rings. The summed E-state index contributed by atoms with van der Waals surface area (Å²) in [6, 6.07) is 14.9. The summed E-state index contributed by atoms with van der Waals surface area (Å²) < 4.78 is 0. The van der Waals surface area contributed by atoms with Gasteiger partial charge in [0.1, 0.15) is 11.6 Å². The van der Waals surface area contributed by atoms with Gasteiger partial charge in [-0.2, -0.15) is 0 Å². The molecule has 0 saturated carbocycles. The Bertz CT molecular complexity index is 914. The first-order valence-electron chi connectivity index (χ1n) is 8.98. The smallest absolute Gasteiger partial charge is 0.319 e. The SMILES string of the molecule is Cc1ccc(NC(=O)NCCNc2ccc(Nc3ccccn3)nn2)c(C)c1. The Kier molecular flexibility index (Phi) is 6.35. The first-order valence-corrected chi connectivity index (χ1v) is 8.98. The van der Waals surface area contributed by atoms with Gasteiger partial charge in [0.2, 0.25) is 0 Å². The maximum atomic E-state index is 12.0. The number of carbonyl (C=O) groups is 1. The molecule has 0 unspecified atom stereocenters. The number of nitrogens with one attached hydrogen (secondary N) is 4. The molecule has 2 aromatic heterocycles. The zero-order valence-corrected chi connectivity index (χ0v) is 15.9. The van der Waals surface area contributed by atoms with E-state index in [4.69, 9.17) is 0 Å². The van der Waals surface area contributed by atoms with E-state index >= 15 is 0 Å². The molecule has 0 aliphatic carbocycles. The van der Waals surface area contributed by atoms with Gasteiger partial charge in [-0.15, -0.1) is 10.2 Å². The lowest BCUT2D eigenvalue weighted by Crippen LogP contribution is -2.33. The summed E-state index contributed by atoms with van der Waals surface area (Å²) in [5.74, 6) is 1.94. The minimum atomic E-state index is -0.241. The standard InChI is InChI=1S/C20H23N7O/c1-14-6-7-16(15(2)13-14)24-20(28)23-12-11-22-18-8-9-19(27-26-18)25-17-5-3-4-10-21-17/h3-10,13H,11-12H2,1-2H3,(H,22,26)(H,21,25,27)(H2,23,24,28). The Morgan fingerprint density at radius 3 is 2.46 bits per heavy atom. The average molecular weight is 377 g/mol. The molecule has 8 nitrogen and oxygen atoms in total. The van der Waals surface area contributed by atoms with Crippen LogP contribution >= 0.6 is 0 Å². The quantitative estimate of drug-likeness (QED) is 0.470. The second-order valence-electron chi connectivity index (χ2n) is 6.27. The average Bonchev–Trinajstić information content (AvgIpc) is 2.69. The molecule has 4 N–H and O–H groups in total. The molecule has 1 aromatic carbocycles. The maximum Gasteiger partial charge on any atom is 0.319 e. The molecule has 0 radical (unpaired) electrons. The number of nitrogens with zero attached hydrogens (tertiary/aromatic N) is 3. The van der Waals surface area contributed by atoms with Gasteiger partial charge < -0.3 is 21.3 Å². The van der Waals surface area contributed by atoms with Crippen LogP contribution in [0.1, 0.15) is 11.1 Å². The normalized spacial score (nSPS) is 10.2. The van der Waals surface area contributed by atoms with Gasteiger partial charge in [-0.1, -0.05) is 23.8 Å². The van der Waals surface area contributed by atoms with Crippen molar-refractivity contribution in [3.63, 3.8) is 0 Å². The molecule has 2 amide bonds. The molecule has 0 bridgehead atoms. The number of amides is 2. The number of hydrogen-bond acceptors (Lipinski definition) is 6. The molecule has 0 saturated heterocycles. The number of hydrogen-bond donors (Lipinski definition) is 4. The Morgan fingerprint density at radius 2 is 1.75 bits per heavy atom.